The normalized spacial score (nSPS) is 21.5. The highest BCUT2D eigenvalue weighted by Gasteiger charge is 2.30. The molecule has 2 aromatic rings. The predicted molar refractivity (Wildman–Crippen MR) is 77.9 cm³/mol. The van der Waals surface area contributed by atoms with E-state index >= 15 is 0 Å². The Balaban J connectivity index is 1.94. The minimum atomic E-state index is -0.136. The van der Waals surface area contributed by atoms with Crippen molar-refractivity contribution in [3.05, 3.63) is 47.5 Å². The van der Waals surface area contributed by atoms with Crippen LogP contribution in [0.15, 0.2) is 36.4 Å². The van der Waals surface area contributed by atoms with Gasteiger partial charge in [0, 0.05) is 24.9 Å². The van der Waals surface area contributed by atoms with Crippen molar-refractivity contribution >= 4 is 0 Å². The first-order valence-electron chi connectivity index (χ1n) is 6.80. The van der Waals surface area contributed by atoms with Crippen molar-refractivity contribution in [3.8, 4) is 23.0 Å². The fraction of sp³-hybridized carbons (Fsp3) is 0.250. The first kappa shape index (κ1) is 13.6. The van der Waals surface area contributed by atoms with Gasteiger partial charge in [0.1, 0.15) is 0 Å². The van der Waals surface area contributed by atoms with Crippen molar-refractivity contribution in [3.63, 3.8) is 0 Å². The van der Waals surface area contributed by atoms with Crippen LogP contribution < -0.4 is 5.32 Å². The lowest BCUT2D eigenvalue weighted by atomic mass is 9.84. The molecule has 5 heteroatoms. The van der Waals surface area contributed by atoms with Crippen molar-refractivity contribution in [1.29, 1.82) is 0 Å². The largest absolute Gasteiger partial charge is 0.504 e. The minimum Gasteiger partial charge on any atom is -0.504 e. The summed E-state index contributed by atoms with van der Waals surface area (Å²) in [7, 11) is 0. The highest BCUT2D eigenvalue weighted by Crippen LogP contribution is 2.40. The summed E-state index contributed by atoms with van der Waals surface area (Å²) in [6.07, 6.45) is 0. The molecule has 0 unspecified atom stereocenters. The second kappa shape index (κ2) is 5.18. The van der Waals surface area contributed by atoms with Gasteiger partial charge in [-0.2, -0.15) is 0 Å². The summed E-state index contributed by atoms with van der Waals surface area (Å²) in [6.45, 7) is 1.49. The number of hydrogen-bond acceptors (Lipinski definition) is 5. The maximum atomic E-state index is 9.65. The molecule has 1 heterocycles. The van der Waals surface area contributed by atoms with Crippen LogP contribution in [-0.2, 0) is 0 Å². The first-order valence-corrected chi connectivity index (χ1v) is 6.80. The van der Waals surface area contributed by atoms with Crippen LogP contribution in [0, 0.1) is 0 Å². The zero-order chi connectivity index (χ0) is 15.0. The van der Waals surface area contributed by atoms with Gasteiger partial charge in [0.2, 0.25) is 0 Å². The fourth-order valence-electron chi connectivity index (χ4n) is 2.92. The molecule has 0 spiro atoms. The molecule has 110 valence electrons. The molecule has 3 rings (SSSR count). The summed E-state index contributed by atoms with van der Waals surface area (Å²) in [5, 5.41) is 41.4. The molecule has 1 aliphatic rings. The van der Waals surface area contributed by atoms with Crippen LogP contribution in [0.2, 0.25) is 0 Å². The second-order valence-electron chi connectivity index (χ2n) is 5.37. The van der Waals surface area contributed by atoms with Crippen LogP contribution in [0.25, 0.3) is 0 Å². The highest BCUT2D eigenvalue weighted by molar-refractivity contribution is 5.46. The standard InChI is InChI=1S/C16H17NO4/c18-13-3-1-9(5-15(13)20)11-7-17-8-12(11)10-2-4-14(19)16(21)6-10/h1-6,11-12,17-21H,7-8H2/t11-,12-/m1/s1. The summed E-state index contributed by atoms with van der Waals surface area (Å²) < 4.78 is 0. The molecular weight excluding hydrogens is 270 g/mol. The average Bonchev–Trinajstić information content (AvgIpc) is 2.94. The Morgan fingerprint density at radius 1 is 0.667 bits per heavy atom. The van der Waals surface area contributed by atoms with Gasteiger partial charge in [-0.1, -0.05) is 12.1 Å². The Morgan fingerprint density at radius 3 is 1.48 bits per heavy atom. The van der Waals surface area contributed by atoms with E-state index in [1.54, 1.807) is 24.3 Å². The van der Waals surface area contributed by atoms with Crippen molar-refractivity contribution in [2.75, 3.05) is 13.1 Å². The van der Waals surface area contributed by atoms with Gasteiger partial charge < -0.3 is 25.7 Å². The quantitative estimate of drug-likeness (QED) is 0.545. The minimum absolute atomic E-state index is 0.125. The molecule has 2 aromatic carbocycles. The summed E-state index contributed by atoms with van der Waals surface area (Å²) in [5.74, 6) is -0.286. The van der Waals surface area contributed by atoms with E-state index in [0.29, 0.717) is 0 Å². The van der Waals surface area contributed by atoms with Gasteiger partial charge in [0.15, 0.2) is 23.0 Å². The van der Waals surface area contributed by atoms with Crippen LogP contribution in [0.4, 0.5) is 0 Å². The number of phenols is 4. The molecule has 21 heavy (non-hydrogen) atoms. The number of phenolic OH excluding ortho intramolecular Hbond substituents is 4. The van der Waals surface area contributed by atoms with Gasteiger partial charge in [-0.25, -0.2) is 0 Å². The zero-order valence-electron chi connectivity index (χ0n) is 11.3. The van der Waals surface area contributed by atoms with Crippen molar-refractivity contribution in [2.45, 2.75) is 11.8 Å². The van der Waals surface area contributed by atoms with E-state index in [-0.39, 0.29) is 34.8 Å². The van der Waals surface area contributed by atoms with Crippen LogP contribution in [0.5, 0.6) is 23.0 Å². The van der Waals surface area contributed by atoms with Gasteiger partial charge in [0.05, 0.1) is 0 Å². The van der Waals surface area contributed by atoms with E-state index in [1.165, 1.54) is 12.1 Å². The molecule has 1 aliphatic heterocycles. The Labute approximate surface area is 122 Å². The van der Waals surface area contributed by atoms with Crippen LogP contribution in [0.3, 0.4) is 0 Å². The van der Waals surface area contributed by atoms with Crippen molar-refractivity contribution in [2.24, 2.45) is 0 Å². The second-order valence-corrected chi connectivity index (χ2v) is 5.37. The monoisotopic (exact) mass is 287 g/mol. The predicted octanol–water partition coefficient (Wildman–Crippen LogP) is 1.98. The van der Waals surface area contributed by atoms with Gasteiger partial charge in [0.25, 0.3) is 0 Å². The Kier molecular flexibility index (Phi) is 3.35. The third-order valence-corrected chi connectivity index (χ3v) is 4.07. The lowest BCUT2D eigenvalue weighted by Gasteiger charge is -2.20. The maximum Gasteiger partial charge on any atom is 0.157 e. The van der Waals surface area contributed by atoms with E-state index in [4.69, 9.17) is 0 Å². The zero-order valence-corrected chi connectivity index (χ0v) is 11.3. The van der Waals surface area contributed by atoms with E-state index in [0.717, 1.165) is 24.2 Å². The topological polar surface area (TPSA) is 93.0 Å². The van der Waals surface area contributed by atoms with Gasteiger partial charge in [-0.3, -0.25) is 0 Å². The molecule has 2 atom stereocenters. The fourth-order valence-corrected chi connectivity index (χ4v) is 2.92. The van der Waals surface area contributed by atoms with Gasteiger partial charge in [-0.15, -0.1) is 0 Å². The van der Waals surface area contributed by atoms with Crippen LogP contribution >= 0.6 is 0 Å². The molecular formula is C16H17NO4. The third-order valence-electron chi connectivity index (χ3n) is 4.07. The van der Waals surface area contributed by atoms with E-state index in [1.807, 2.05) is 0 Å². The molecule has 1 saturated heterocycles. The maximum absolute atomic E-state index is 9.65. The number of aromatic hydroxyl groups is 4. The lowest BCUT2D eigenvalue weighted by Crippen LogP contribution is -2.08. The molecule has 0 radical (unpaired) electrons. The lowest BCUT2D eigenvalue weighted by molar-refractivity contribution is 0.401. The number of nitrogens with one attached hydrogen (secondary N) is 1. The number of benzene rings is 2. The van der Waals surface area contributed by atoms with Crippen LogP contribution in [-0.4, -0.2) is 33.5 Å². The smallest absolute Gasteiger partial charge is 0.157 e. The first-order chi connectivity index (χ1) is 10.1. The molecule has 0 bridgehead atoms. The summed E-state index contributed by atoms with van der Waals surface area (Å²) >= 11 is 0. The molecule has 0 aliphatic carbocycles. The van der Waals surface area contributed by atoms with E-state index < -0.39 is 0 Å². The van der Waals surface area contributed by atoms with Crippen molar-refractivity contribution in [1.82, 2.24) is 5.32 Å². The molecule has 5 N–H and O–H groups in total. The molecule has 0 aromatic heterocycles. The molecule has 5 nitrogen and oxygen atoms in total. The molecule has 0 amide bonds. The van der Waals surface area contributed by atoms with Crippen LogP contribution in [0.1, 0.15) is 23.0 Å². The molecule has 1 fully saturated rings. The summed E-state index contributed by atoms with van der Waals surface area (Å²) in [6, 6.07) is 9.68. The number of hydrogen-bond donors (Lipinski definition) is 5. The van der Waals surface area contributed by atoms with Gasteiger partial charge >= 0.3 is 0 Å². The van der Waals surface area contributed by atoms with E-state index in [9.17, 15) is 20.4 Å². The van der Waals surface area contributed by atoms with Gasteiger partial charge in [-0.05, 0) is 35.4 Å². The summed E-state index contributed by atoms with van der Waals surface area (Å²) in [5.41, 5.74) is 1.85. The Bertz CT molecular complexity index is 614. The summed E-state index contributed by atoms with van der Waals surface area (Å²) in [4.78, 5) is 0. The highest BCUT2D eigenvalue weighted by atomic mass is 16.3. The van der Waals surface area contributed by atoms with Crippen molar-refractivity contribution < 1.29 is 20.4 Å². The Hall–Kier alpha value is -2.40. The molecule has 0 saturated carbocycles. The SMILES string of the molecule is Oc1ccc([C@H]2CNC[C@@H]2c2ccc(O)c(O)c2)cc1O. The third kappa shape index (κ3) is 2.48. The number of rotatable bonds is 2. The van der Waals surface area contributed by atoms with E-state index in [2.05, 4.69) is 5.32 Å². The average molecular weight is 287 g/mol. The Morgan fingerprint density at radius 2 is 1.10 bits per heavy atom.